The molecule has 0 saturated carbocycles. The van der Waals surface area contributed by atoms with Crippen LogP contribution in [-0.4, -0.2) is 24.2 Å². The van der Waals surface area contributed by atoms with Crippen LogP contribution in [-0.2, 0) is 11.3 Å². The van der Waals surface area contributed by atoms with Gasteiger partial charge in [0.05, 0.1) is 17.5 Å². The van der Waals surface area contributed by atoms with E-state index in [-0.39, 0.29) is 5.76 Å². The monoisotopic (exact) mass is 329 g/mol. The lowest BCUT2D eigenvalue weighted by atomic mass is 10.3. The van der Waals surface area contributed by atoms with Crippen molar-refractivity contribution in [1.82, 2.24) is 5.32 Å². The van der Waals surface area contributed by atoms with Crippen LogP contribution in [0.3, 0.4) is 0 Å². The Hall–Kier alpha value is -1.34. The van der Waals surface area contributed by atoms with Crippen LogP contribution in [0.15, 0.2) is 28.7 Å². The predicted molar refractivity (Wildman–Crippen MR) is 80.7 cm³/mol. The number of halogens is 1. The predicted octanol–water partition coefficient (Wildman–Crippen LogP) is 2.99. The molecule has 2 heterocycles. The van der Waals surface area contributed by atoms with E-state index in [1.54, 1.807) is 31.2 Å². The third-order valence-corrected chi connectivity index (χ3v) is 4.03. The van der Waals surface area contributed by atoms with Crippen molar-refractivity contribution in [2.45, 2.75) is 19.6 Å². The molecule has 0 aromatic carbocycles. The van der Waals surface area contributed by atoms with Crippen LogP contribution < -0.4 is 5.32 Å². The Bertz CT molecular complexity index is 595. The van der Waals surface area contributed by atoms with Crippen LogP contribution in [0.5, 0.6) is 0 Å². The van der Waals surface area contributed by atoms with Gasteiger partial charge in [-0.1, -0.05) is 11.6 Å². The first-order valence-electron chi connectivity index (χ1n) is 6.50. The average Bonchev–Trinajstić information content (AvgIpc) is 3.08. The Balaban J connectivity index is 1.79. The molecule has 0 aliphatic carbocycles. The van der Waals surface area contributed by atoms with Gasteiger partial charge in [-0.25, -0.2) is 4.79 Å². The molecule has 2 aromatic rings. The SMILES string of the molecule is CCOC(=O)c1ccc(CNCC(O)c2ccc(Cl)s2)o1. The number of rotatable bonds is 7. The Morgan fingerprint density at radius 3 is 2.95 bits per heavy atom. The summed E-state index contributed by atoms with van der Waals surface area (Å²) in [5.41, 5.74) is 0. The molecule has 0 saturated heterocycles. The summed E-state index contributed by atoms with van der Waals surface area (Å²) < 4.78 is 10.8. The molecule has 5 nitrogen and oxygen atoms in total. The van der Waals surface area contributed by atoms with E-state index in [0.29, 0.717) is 29.8 Å². The molecule has 2 N–H and O–H groups in total. The van der Waals surface area contributed by atoms with E-state index in [0.717, 1.165) is 4.88 Å². The summed E-state index contributed by atoms with van der Waals surface area (Å²) in [6.07, 6.45) is -0.623. The summed E-state index contributed by atoms with van der Waals surface area (Å²) in [5, 5.41) is 13.0. The highest BCUT2D eigenvalue weighted by atomic mass is 35.5. The lowest BCUT2D eigenvalue weighted by Crippen LogP contribution is -2.20. The maximum Gasteiger partial charge on any atom is 0.374 e. The second kappa shape index (κ2) is 7.61. The van der Waals surface area contributed by atoms with Crippen molar-refractivity contribution in [3.8, 4) is 0 Å². The molecule has 0 fully saturated rings. The van der Waals surface area contributed by atoms with Crippen molar-refractivity contribution >= 4 is 28.9 Å². The number of hydrogen-bond donors (Lipinski definition) is 2. The van der Waals surface area contributed by atoms with Crippen molar-refractivity contribution in [1.29, 1.82) is 0 Å². The summed E-state index contributed by atoms with van der Waals surface area (Å²) in [7, 11) is 0. The molecule has 1 atom stereocenters. The minimum Gasteiger partial charge on any atom is -0.460 e. The van der Waals surface area contributed by atoms with Crippen molar-refractivity contribution in [2.24, 2.45) is 0 Å². The maximum atomic E-state index is 11.4. The third kappa shape index (κ3) is 4.57. The number of nitrogens with one attached hydrogen (secondary N) is 1. The molecule has 0 aliphatic heterocycles. The summed E-state index contributed by atoms with van der Waals surface area (Å²) in [5.74, 6) is 0.311. The summed E-state index contributed by atoms with van der Waals surface area (Å²) in [6.45, 7) is 2.83. The number of furan rings is 1. The topological polar surface area (TPSA) is 71.7 Å². The molecule has 1 unspecified atom stereocenters. The van der Waals surface area contributed by atoms with Gasteiger partial charge >= 0.3 is 5.97 Å². The highest BCUT2D eigenvalue weighted by molar-refractivity contribution is 7.16. The van der Waals surface area contributed by atoms with E-state index >= 15 is 0 Å². The zero-order chi connectivity index (χ0) is 15.2. The Morgan fingerprint density at radius 2 is 2.29 bits per heavy atom. The van der Waals surface area contributed by atoms with Gasteiger partial charge < -0.3 is 19.6 Å². The number of esters is 1. The van der Waals surface area contributed by atoms with Crippen molar-refractivity contribution in [3.63, 3.8) is 0 Å². The lowest BCUT2D eigenvalue weighted by Gasteiger charge is -2.08. The number of aliphatic hydroxyl groups is 1. The first-order chi connectivity index (χ1) is 10.1. The maximum absolute atomic E-state index is 11.4. The zero-order valence-corrected chi connectivity index (χ0v) is 13.0. The molecular weight excluding hydrogens is 314 g/mol. The first-order valence-corrected chi connectivity index (χ1v) is 7.69. The quantitative estimate of drug-likeness (QED) is 0.764. The second-order valence-electron chi connectivity index (χ2n) is 4.28. The highest BCUT2D eigenvalue weighted by Crippen LogP contribution is 2.26. The van der Waals surface area contributed by atoms with Gasteiger partial charge in [0.1, 0.15) is 11.9 Å². The molecule has 2 aromatic heterocycles. The third-order valence-electron chi connectivity index (χ3n) is 2.70. The molecule has 21 heavy (non-hydrogen) atoms. The zero-order valence-electron chi connectivity index (χ0n) is 11.5. The fourth-order valence-corrected chi connectivity index (χ4v) is 2.77. The van der Waals surface area contributed by atoms with E-state index in [1.807, 2.05) is 0 Å². The van der Waals surface area contributed by atoms with Gasteiger partial charge in [-0.3, -0.25) is 0 Å². The van der Waals surface area contributed by atoms with Crippen LogP contribution >= 0.6 is 22.9 Å². The van der Waals surface area contributed by atoms with Gasteiger partial charge in [0.2, 0.25) is 5.76 Å². The van der Waals surface area contributed by atoms with E-state index in [9.17, 15) is 9.90 Å². The molecule has 114 valence electrons. The Morgan fingerprint density at radius 1 is 1.48 bits per heavy atom. The fourth-order valence-electron chi connectivity index (χ4n) is 1.72. The smallest absolute Gasteiger partial charge is 0.374 e. The normalized spacial score (nSPS) is 12.3. The largest absolute Gasteiger partial charge is 0.460 e. The highest BCUT2D eigenvalue weighted by Gasteiger charge is 2.13. The van der Waals surface area contributed by atoms with E-state index in [4.69, 9.17) is 20.8 Å². The lowest BCUT2D eigenvalue weighted by molar-refractivity contribution is 0.0487. The summed E-state index contributed by atoms with van der Waals surface area (Å²) in [4.78, 5) is 12.2. The number of thiophene rings is 1. The van der Waals surface area contributed by atoms with E-state index in [2.05, 4.69) is 5.32 Å². The average molecular weight is 330 g/mol. The standard InChI is InChI=1S/C14H16ClNO4S/c1-2-19-14(18)11-4-3-9(20-11)7-16-8-10(17)12-5-6-13(15)21-12/h3-6,10,16-17H,2,7-8H2,1H3. The minimum atomic E-state index is -0.623. The van der Waals surface area contributed by atoms with E-state index < -0.39 is 12.1 Å². The number of carbonyl (C=O) groups is 1. The van der Waals surface area contributed by atoms with Crippen LogP contribution in [0.25, 0.3) is 0 Å². The Labute approximate surface area is 131 Å². The molecular formula is C14H16ClNO4S. The molecule has 0 amide bonds. The molecule has 0 radical (unpaired) electrons. The van der Waals surface area contributed by atoms with Gasteiger partial charge in [-0.2, -0.15) is 0 Å². The van der Waals surface area contributed by atoms with Crippen molar-refractivity contribution in [3.05, 3.63) is 45.0 Å². The van der Waals surface area contributed by atoms with E-state index in [1.165, 1.54) is 11.3 Å². The Kier molecular flexibility index (Phi) is 5.81. The van der Waals surface area contributed by atoms with Gasteiger partial charge in [0.15, 0.2) is 0 Å². The molecule has 0 bridgehead atoms. The fraction of sp³-hybridized carbons (Fsp3) is 0.357. The molecule has 2 rings (SSSR count). The molecule has 0 spiro atoms. The molecule has 0 aliphatic rings. The van der Waals surface area contributed by atoms with Gasteiger partial charge in [0.25, 0.3) is 0 Å². The van der Waals surface area contributed by atoms with Crippen molar-refractivity contribution < 1.29 is 19.1 Å². The summed E-state index contributed by atoms with van der Waals surface area (Å²) >= 11 is 7.17. The van der Waals surface area contributed by atoms with Gasteiger partial charge in [-0.15, -0.1) is 11.3 Å². The number of hydrogen-bond acceptors (Lipinski definition) is 6. The van der Waals surface area contributed by atoms with Crippen LogP contribution in [0.2, 0.25) is 4.34 Å². The number of ether oxygens (including phenoxy) is 1. The van der Waals surface area contributed by atoms with Crippen LogP contribution in [0.1, 0.15) is 34.2 Å². The minimum absolute atomic E-state index is 0.180. The first kappa shape index (κ1) is 16.0. The second-order valence-corrected chi connectivity index (χ2v) is 6.02. The number of carbonyl (C=O) groups excluding carboxylic acids is 1. The van der Waals surface area contributed by atoms with Gasteiger partial charge in [-0.05, 0) is 31.2 Å². The van der Waals surface area contributed by atoms with Crippen LogP contribution in [0.4, 0.5) is 0 Å². The molecule has 7 heteroatoms. The van der Waals surface area contributed by atoms with Crippen molar-refractivity contribution in [2.75, 3.05) is 13.2 Å². The van der Waals surface area contributed by atoms with Crippen LogP contribution in [0, 0.1) is 0 Å². The van der Waals surface area contributed by atoms with Gasteiger partial charge in [0, 0.05) is 11.4 Å². The number of aliphatic hydroxyl groups excluding tert-OH is 1. The summed E-state index contributed by atoms with van der Waals surface area (Å²) in [6, 6.07) is 6.83.